The van der Waals surface area contributed by atoms with Crippen molar-refractivity contribution in [3.05, 3.63) is 37.5 Å². The van der Waals surface area contributed by atoms with E-state index in [0.717, 1.165) is 19.3 Å². The van der Waals surface area contributed by atoms with Gasteiger partial charge in [-0.3, -0.25) is 0 Å². The zero-order chi connectivity index (χ0) is 12.8. The highest BCUT2D eigenvalue weighted by atomic mass is 127. The minimum absolute atomic E-state index is 0.335. The third kappa shape index (κ3) is 4.13. The van der Waals surface area contributed by atoms with E-state index in [1.807, 2.05) is 6.08 Å². The Morgan fingerprint density at radius 3 is 2.47 bits per heavy atom. The van der Waals surface area contributed by atoms with Crippen LogP contribution in [0.5, 0.6) is 5.75 Å². The number of benzene rings is 1. The summed E-state index contributed by atoms with van der Waals surface area (Å²) in [5.41, 5.74) is 0.539. The molecule has 0 aromatic heterocycles. The first-order valence-electron chi connectivity index (χ1n) is 4.91. The first kappa shape index (κ1) is 14.7. The van der Waals surface area contributed by atoms with Crippen molar-refractivity contribution in [3.63, 3.8) is 0 Å². The molecule has 92 valence electrons. The average Bonchev–Trinajstić information content (AvgIpc) is 2.31. The van der Waals surface area contributed by atoms with Gasteiger partial charge in [0.25, 0.3) is 0 Å². The summed E-state index contributed by atoms with van der Waals surface area (Å²) < 4.78 is 12.1. The van der Waals surface area contributed by atoms with E-state index in [1.165, 1.54) is 7.11 Å². The van der Waals surface area contributed by atoms with Crippen LogP contribution in [0.3, 0.4) is 0 Å². The quantitative estimate of drug-likeness (QED) is 0.293. The van der Waals surface area contributed by atoms with Gasteiger partial charge >= 0.3 is 5.97 Å². The van der Waals surface area contributed by atoms with Crippen LogP contribution in [0.4, 0.5) is 0 Å². The maximum atomic E-state index is 11.4. The maximum Gasteiger partial charge on any atom is 0.337 e. The standard InChI is InChI=1S/C12H12I2O3/c1-3-4-5-17-11-9(13)6-8(7-10(11)14)12(15)16-2/h3,6-7H,1,4-5H2,2H3. The number of halogens is 2. The van der Waals surface area contributed by atoms with Crippen LogP contribution >= 0.6 is 45.2 Å². The molecule has 17 heavy (non-hydrogen) atoms. The van der Waals surface area contributed by atoms with Crippen LogP contribution in [0.15, 0.2) is 24.8 Å². The molecule has 3 nitrogen and oxygen atoms in total. The lowest BCUT2D eigenvalue weighted by Gasteiger charge is -2.11. The van der Waals surface area contributed by atoms with Crippen molar-refractivity contribution in [1.29, 1.82) is 0 Å². The average molecular weight is 458 g/mol. The fourth-order valence-corrected chi connectivity index (χ4v) is 3.26. The molecule has 0 amide bonds. The molecule has 1 aromatic rings. The second kappa shape index (κ2) is 7.20. The lowest BCUT2D eigenvalue weighted by Crippen LogP contribution is -2.05. The summed E-state index contributed by atoms with van der Waals surface area (Å²) in [5, 5.41) is 0. The predicted octanol–water partition coefficient (Wildman–Crippen LogP) is 3.64. The highest BCUT2D eigenvalue weighted by Gasteiger charge is 2.13. The molecule has 1 aromatic carbocycles. The Bertz CT molecular complexity index is 407. The molecule has 0 aliphatic rings. The van der Waals surface area contributed by atoms with Crippen LogP contribution < -0.4 is 4.74 Å². The van der Waals surface area contributed by atoms with E-state index in [4.69, 9.17) is 4.74 Å². The summed E-state index contributed by atoms with van der Waals surface area (Å²) >= 11 is 4.30. The molecule has 0 saturated carbocycles. The van der Waals surface area contributed by atoms with E-state index in [9.17, 15) is 4.79 Å². The summed E-state index contributed by atoms with van der Waals surface area (Å²) in [4.78, 5) is 11.4. The second-order valence-corrected chi connectivity index (χ2v) is 5.51. The fourth-order valence-electron chi connectivity index (χ4n) is 1.18. The molecule has 0 aliphatic carbocycles. The topological polar surface area (TPSA) is 35.5 Å². The smallest absolute Gasteiger partial charge is 0.337 e. The number of ether oxygens (including phenoxy) is 2. The molecule has 0 heterocycles. The molecule has 1 rings (SSSR count). The number of esters is 1. The lowest BCUT2D eigenvalue weighted by atomic mass is 10.2. The zero-order valence-corrected chi connectivity index (χ0v) is 13.6. The molecule has 0 fully saturated rings. The van der Waals surface area contributed by atoms with E-state index in [0.29, 0.717) is 12.2 Å². The van der Waals surface area contributed by atoms with Crippen LogP contribution in [0.2, 0.25) is 0 Å². The molecule has 0 unspecified atom stereocenters. The van der Waals surface area contributed by atoms with Crippen molar-refractivity contribution >= 4 is 51.2 Å². The van der Waals surface area contributed by atoms with Crippen LogP contribution in [0, 0.1) is 7.14 Å². The molecular weight excluding hydrogens is 446 g/mol. The largest absolute Gasteiger partial charge is 0.491 e. The molecule has 0 aliphatic heterocycles. The lowest BCUT2D eigenvalue weighted by molar-refractivity contribution is 0.0600. The summed E-state index contributed by atoms with van der Waals surface area (Å²) in [6.07, 6.45) is 2.60. The number of hydrogen-bond acceptors (Lipinski definition) is 3. The highest BCUT2D eigenvalue weighted by Crippen LogP contribution is 2.29. The second-order valence-electron chi connectivity index (χ2n) is 3.19. The van der Waals surface area contributed by atoms with Gasteiger partial charge in [-0.25, -0.2) is 4.79 Å². The molecule has 0 N–H and O–H groups in total. The van der Waals surface area contributed by atoms with Gasteiger partial charge < -0.3 is 9.47 Å². The van der Waals surface area contributed by atoms with Gasteiger partial charge in [0.15, 0.2) is 0 Å². The summed E-state index contributed by atoms with van der Waals surface area (Å²) in [7, 11) is 1.37. The molecule has 0 bridgehead atoms. The molecule has 5 heteroatoms. The van der Waals surface area contributed by atoms with Gasteiger partial charge in [-0.2, -0.15) is 0 Å². The number of carbonyl (C=O) groups excluding carboxylic acids is 1. The Hall–Kier alpha value is -0.310. The van der Waals surface area contributed by atoms with E-state index in [-0.39, 0.29) is 5.97 Å². The Morgan fingerprint density at radius 2 is 2.00 bits per heavy atom. The third-order valence-corrected chi connectivity index (χ3v) is 3.59. The molecule has 0 atom stereocenters. The van der Waals surface area contributed by atoms with Crippen LogP contribution in [0.1, 0.15) is 16.8 Å². The van der Waals surface area contributed by atoms with E-state index < -0.39 is 0 Å². The minimum atomic E-state index is -0.335. The number of carbonyl (C=O) groups is 1. The van der Waals surface area contributed by atoms with Crippen molar-refractivity contribution in [1.82, 2.24) is 0 Å². The first-order valence-corrected chi connectivity index (χ1v) is 7.07. The molecule has 0 radical (unpaired) electrons. The van der Waals surface area contributed by atoms with Crippen molar-refractivity contribution in [2.24, 2.45) is 0 Å². The van der Waals surface area contributed by atoms with E-state index >= 15 is 0 Å². The van der Waals surface area contributed by atoms with Gasteiger partial charge in [-0.15, -0.1) is 6.58 Å². The third-order valence-electron chi connectivity index (χ3n) is 1.99. The van der Waals surface area contributed by atoms with Crippen LogP contribution in [-0.2, 0) is 4.74 Å². The SMILES string of the molecule is C=CCCOc1c(I)cc(C(=O)OC)cc1I. The number of methoxy groups -OCH3 is 1. The Kier molecular flexibility index (Phi) is 6.24. The highest BCUT2D eigenvalue weighted by molar-refractivity contribution is 14.1. The summed E-state index contributed by atoms with van der Waals surface area (Å²) in [5.74, 6) is 0.471. The first-order chi connectivity index (χ1) is 8.10. The molecular formula is C12H12I2O3. The van der Waals surface area contributed by atoms with Crippen molar-refractivity contribution in [2.75, 3.05) is 13.7 Å². The number of rotatable bonds is 5. The normalized spacial score (nSPS) is 9.82. The summed E-state index contributed by atoms with van der Waals surface area (Å²) in [6.45, 7) is 4.23. The maximum absolute atomic E-state index is 11.4. The van der Waals surface area contributed by atoms with Gasteiger partial charge in [0, 0.05) is 0 Å². The Balaban J connectivity index is 2.93. The Labute approximate surface area is 128 Å². The van der Waals surface area contributed by atoms with Gasteiger partial charge in [0.2, 0.25) is 0 Å². The fraction of sp³-hybridized carbons (Fsp3) is 0.250. The zero-order valence-electron chi connectivity index (χ0n) is 9.33. The van der Waals surface area contributed by atoms with Crippen molar-refractivity contribution in [3.8, 4) is 5.75 Å². The van der Waals surface area contributed by atoms with Crippen molar-refractivity contribution < 1.29 is 14.3 Å². The molecule has 0 spiro atoms. The monoisotopic (exact) mass is 458 g/mol. The van der Waals surface area contributed by atoms with Crippen molar-refractivity contribution in [2.45, 2.75) is 6.42 Å². The van der Waals surface area contributed by atoms with E-state index in [1.54, 1.807) is 12.1 Å². The summed E-state index contributed by atoms with van der Waals surface area (Å²) in [6, 6.07) is 3.52. The predicted molar refractivity (Wildman–Crippen MR) is 83.5 cm³/mol. The number of hydrogen-bond donors (Lipinski definition) is 0. The van der Waals surface area contributed by atoms with Gasteiger partial charge in [-0.1, -0.05) is 6.08 Å². The van der Waals surface area contributed by atoms with Crippen LogP contribution in [-0.4, -0.2) is 19.7 Å². The molecule has 0 saturated heterocycles. The van der Waals surface area contributed by atoms with Gasteiger partial charge in [0.05, 0.1) is 26.4 Å². The van der Waals surface area contributed by atoms with Gasteiger partial charge in [0.1, 0.15) is 5.75 Å². The minimum Gasteiger partial charge on any atom is -0.491 e. The van der Waals surface area contributed by atoms with Crippen LogP contribution in [0.25, 0.3) is 0 Å². The Morgan fingerprint density at radius 1 is 1.41 bits per heavy atom. The van der Waals surface area contributed by atoms with E-state index in [2.05, 4.69) is 56.5 Å². The van der Waals surface area contributed by atoms with Gasteiger partial charge in [-0.05, 0) is 63.7 Å².